The molecule has 25 heavy (non-hydrogen) atoms. The molecular weight excluding hydrogens is 334 g/mol. The second kappa shape index (κ2) is 6.95. The smallest absolute Gasteiger partial charge is 0.198 e. The quantitative estimate of drug-likeness (QED) is 0.538. The normalized spacial score (nSPS) is 10.9. The number of nitrogens with one attached hydrogen (secondary N) is 1. The fourth-order valence-electron chi connectivity index (χ4n) is 2.70. The van der Waals surface area contributed by atoms with Crippen LogP contribution in [0.25, 0.3) is 22.5 Å². The van der Waals surface area contributed by atoms with Crippen LogP contribution < -0.4 is 5.32 Å². The van der Waals surface area contributed by atoms with Crippen molar-refractivity contribution in [2.45, 2.75) is 6.42 Å². The van der Waals surface area contributed by atoms with Crippen molar-refractivity contribution in [1.82, 2.24) is 9.97 Å². The third-order valence-corrected chi connectivity index (χ3v) is 4.22. The SMILES string of the molecule is Clc1ccc(CCNc2nc(-c3ccco3)nc3ccccc23)cc1. The number of benzene rings is 2. The average molecular weight is 350 g/mol. The topological polar surface area (TPSA) is 51.0 Å². The molecule has 2 heterocycles. The zero-order valence-corrected chi connectivity index (χ0v) is 14.2. The standard InChI is InChI=1S/C20H16ClN3O/c21-15-9-7-14(8-10-15)11-12-22-19-16-4-1-2-5-17(16)23-20(24-19)18-6-3-13-25-18/h1-10,13H,11-12H2,(H,22,23,24). The van der Waals surface area contributed by atoms with Gasteiger partial charge in [0, 0.05) is 17.0 Å². The largest absolute Gasteiger partial charge is 0.461 e. The lowest BCUT2D eigenvalue weighted by Crippen LogP contribution is -2.08. The molecule has 0 fully saturated rings. The summed E-state index contributed by atoms with van der Waals surface area (Å²) in [6, 6.07) is 19.6. The van der Waals surface area contributed by atoms with Crippen molar-refractivity contribution >= 4 is 28.3 Å². The van der Waals surface area contributed by atoms with Gasteiger partial charge in [0.1, 0.15) is 5.82 Å². The summed E-state index contributed by atoms with van der Waals surface area (Å²) in [5.41, 5.74) is 2.11. The Morgan fingerprint density at radius 3 is 2.56 bits per heavy atom. The van der Waals surface area contributed by atoms with E-state index in [1.807, 2.05) is 60.7 Å². The summed E-state index contributed by atoms with van der Waals surface area (Å²) in [6.45, 7) is 0.764. The molecule has 0 aliphatic carbocycles. The minimum atomic E-state index is 0.581. The van der Waals surface area contributed by atoms with E-state index < -0.39 is 0 Å². The zero-order valence-electron chi connectivity index (χ0n) is 13.4. The van der Waals surface area contributed by atoms with Crippen molar-refractivity contribution in [2.24, 2.45) is 0 Å². The van der Waals surface area contributed by atoms with Crippen LogP contribution in [-0.2, 0) is 6.42 Å². The molecule has 0 atom stereocenters. The molecule has 0 bridgehead atoms. The number of fused-ring (bicyclic) bond motifs is 1. The number of hydrogen-bond donors (Lipinski definition) is 1. The number of halogens is 1. The maximum absolute atomic E-state index is 5.93. The second-order valence-electron chi connectivity index (χ2n) is 5.69. The maximum atomic E-state index is 5.93. The third kappa shape index (κ3) is 3.49. The molecule has 4 aromatic rings. The molecule has 0 spiro atoms. The third-order valence-electron chi connectivity index (χ3n) is 3.96. The molecular formula is C20H16ClN3O. The molecule has 0 radical (unpaired) electrons. The number of para-hydroxylation sites is 1. The summed E-state index contributed by atoms with van der Waals surface area (Å²) in [4.78, 5) is 9.25. The zero-order chi connectivity index (χ0) is 17.1. The Balaban J connectivity index is 1.60. The van der Waals surface area contributed by atoms with Crippen LogP contribution in [-0.4, -0.2) is 16.5 Å². The first kappa shape index (κ1) is 15.7. The fraction of sp³-hybridized carbons (Fsp3) is 0.100. The van der Waals surface area contributed by atoms with Gasteiger partial charge < -0.3 is 9.73 Å². The fourth-order valence-corrected chi connectivity index (χ4v) is 2.83. The highest BCUT2D eigenvalue weighted by Gasteiger charge is 2.10. The van der Waals surface area contributed by atoms with Gasteiger partial charge >= 0.3 is 0 Å². The number of rotatable bonds is 5. The molecule has 1 N–H and O–H groups in total. The van der Waals surface area contributed by atoms with E-state index in [4.69, 9.17) is 16.0 Å². The van der Waals surface area contributed by atoms with Gasteiger partial charge in [-0.2, -0.15) is 0 Å². The highest BCUT2D eigenvalue weighted by molar-refractivity contribution is 6.30. The van der Waals surface area contributed by atoms with Crippen LogP contribution in [0.5, 0.6) is 0 Å². The van der Waals surface area contributed by atoms with Crippen LogP contribution in [0.1, 0.15) is 5.56 Å². The number of hydrogen-bond acceptors (Lipinski definition) is 4. The molecule has 4 rings (SSSR count). The summed E-state index contributed by atoms with van der Waals surface area (Å²) in [6.07, 6.45) is 2.51. The van der Waals surface area contributed by atoms with E-state index in [1.165, 1.54) is 5.56 Å². The van der Waals surface area contributed by atoms with Crippen molar-refractivity contribution in [3.63, 3.8) is 0 Å². The number of anilines is 1. The molecule has 0 unspecified atom stereocenters. The summed E-state index contributed by atoms with van der Waals surface area (Å²) in [7, 11) is 0. The monoisotopic (exact) mass is 349 g/mol. The van der Waals surface area contributed by atoms with Gasteiger partial charge in [0.15, 0.2) is 11.6 Å². The van der Waals surface area contributed by atoms with Crippen LogP contribution in [0, 0.1) is 0 Å². The lowest BCUT2D eigenvalue weighted by molar-refractivity contribution is 0.577. The highest BCUT2D eigenvalue weighted by atomic mass is 35.5. The molecule has 4 nitrogen and oxygen atoms in total. The number of nitrogens with zero attached hydrogens (tertiary/aromatic N) is 2. The molecule has 0 aliphatic heterocycles. The first-order valence-corrected chi connectivity index (χ1v) is 8.46. The molecule has 124 valence electrons. The maximum Gasteiger partial charge on any atom is 0.198 e. The van der Waals surface area contributed by atoms with Gasteiger partial charge in [-0.3, -0.25) is 0 Å². The van der Waals surface area contributed by atoms with E-state index in [0.29, 0.717) is 11.6 Å². The van der Waals surface area contributed by atoms with Gasteiger partial charge in [-0.05, 0) is 48.4 Å². The highest BCUT2D eigenvalue weighted by Crippen LogP contribution is 2.25. The van der Waals surface area contributed by atoms with Crippen LogP contribution in [0.4, 0.5) is 5.82 Å². The van der Waals surface area contributed by atoms with Crippen molar-refractivity contribution < 1.29 is 4.42 Å². The van der Waals surface area contributed by atoms with Gasteiger partial charge in [0.2, 0.25) is 0 Å². The van der Waals surface area contributed by atoms with E-state index in [9.17, 15) is 0 Å². The number of aromatic nitrogens is 2. The van der Waals surface area contributed by atoms with E-state index in [-0.39, 0.29) is 0 Å². The van der Waals surface area contributed by atoms with E-state index in [2.05, 4.69) is 15.3 Å². The van der Waals surface area contributed by atoms with Crippen LogP contribution >= 0.6 is 11.6 Å². The number of furan rings is 1. The van der Waals surface area contributed by atoms with Crippen molar-refractivity contribution in [3.05, 3.63) is 77.5 Å². The van der Waals surface area contributed by atoms with Gasteiger partial charge in [0.05, 0.1) is 11.8 Å². The van der Waals surface area contributed by atoms with Gasteiger partial charge in [-0.25, -0.2) is 9.97 Å². The van der Waals surface area contributed by atoms with E-state index >= 15 is 0 Å². The minimum absolute atomic E-state index is 0.581. The van der Waals surface area contributed by atoms with Gasteiger partial charge in [-0.1, -0.05) is 35.9 Å². The predicted octanol–water partition coefficient (Wildman–Crippen LogP) is 5.20. The summed E-state index contributed by atoms with van der Waals surface area (Å²) in [5, 5.41) is 5.17. The van der Waals surface area contributed by atoms with Gasteiger partial charge in [0.25, 0.3) is 0 Å². The van der Waals surface area contributed by atoms with Gasteiger partial charge in [-0.15, -0.1) is 0 Å². The first-order valence-electron chi connectivity index (χ1n) is 8.08. The molecule has 2 aromatic heterocycles. The molecule has 0 saturated carbocycles. The Morgan fingerprint density at radius 2 is 1.76 bits per heavy atom. The van der Waals surface area contributed by atoms with Crippen LogP contribution in [0.15, 0.2) is 71.3 Å². The Morgan fingerprint density at radius 1 is 0.920 bits per heavy atom. The lowest BCUT2D eigenvalue weighted by atomic mass is 10.1. The van der Waals surface area contributed by atoms with Crippen molar-refractivity contribution in [2.75, 3.05) is 11.9 Å². The molecule has 0 aliphatic rings. The Kier molecular flexibility index (Phi) is 4.36. The van der Waals surface area contributed by atoms with Crippen molar-refractivity contribution in [1.29, 1.82) is 0 Å². The first-order chi connectivity index (χ1) is 12.3. The summed E-state index contributed by atoms with van der Waals surface area (Å²) >= 11 is 5.93. The van der Waals surface area contributed by atoms with E-state index in [1.54, 1.807) is 6.26 Å². The molecule has 0 saturated heterocycles. The Bertz CT molecular complexity index is 982. The molecule has 5 heteroatoms. The average Bonchev–Trinajstić information content (AvgIpc) is 3.18. The van der Waals surface area contributed by atoms with E-state index in [0.717, 1.165) is 34.7 Å². The Labute approximate surface area is 150 Å². The van der Waals surface area contributed by atoms with Crippen molar-refractivity contribution in [3.8, 4) is 11.6 Å². The predicted molar refractivity (Wildman–Crippen MR) is 101 cm³/mol. The lowest BCUT2D eigenvalue weighted by Gasteiger charge is -2.10. The van der Waals surface area contributed by atoms with Crippen LogP contribution in [0.2, 0.25) is 5.02 Å². The molecule has 2 aromatic carbocycles. The Hall–Kier alpha value is -2.85. The summed E-state index contributed by atoms with van der Waals surface area (Å²) < 4.78 is 5.44. The second-order valence-corrected chi connectivity index (χ2v) is 6.13. The van der Waals surface area contributed by atoms with Crippen LogP contribution in [0.3, 0.4) is 0 Å². The molecule has 0 amide bonds. The minimum Gasteiger partial charge on any atom is -0.461 e. The summed E-state index contributed by atoms with van der Waals surface area (Å²) in [5.74, 6) is 2.05.